The number of hydrogen-bond donors (Lipinski definition) is 1. The monoisotopic (exact) mass is 194 g/mol. The van der Waals surface area contributed by atoms with Crippen molar-refractivity contribution in [1.29, 1.82) is 0 Å². The molecule has 0 unspecified atom stereocenters. The average molecular weight is 194 g/mol. The van der Waals surface area contributed by atoms with E-state index in [4.69, 9.17) is 10.2 Å². The fraction of sp³-hybridized carbons (Fsp3) is 0.727. The van der Waals surface area contributed by atoms with Gasteiger partial charge in [0.25, 0.3) is 0 Å². The van der Waals surface area contributed by atoms with Crippen LogP contribution in [0.25, 0.3) is 0 Å². The second-order valence-corrected chi connectivity index (χ2v) is 4.26. The summed E-state index contributed by atoms with van der Waals surface area (Å²) >= 11 is 0. The first-order valence-electron chi connectivity index (χ1n) is 5.42. The Bertz CT molecular complexity index is 287. The molecule has 0 aliphatic heterocycles. The van der Waals surface area contributed by atoms with Crippen LogP contribution in [0.1, 0.15) is 43.3 Å². The van der Waals surface area contributed by atoms with Gasteiger partial charge in [0, 0.05) is 5.92 Å². The summed E-state index contributed by atoms with van der Waals surface area (Å²) in [6, 6.07) is 0. The van der Waals surface area contributed by atoms with E-state index < -0.39 is 0 Å². The Labute approximate surface area is 84.7 Å². The fourth-order valence-electron chi connectivity index (χ4n) is 2.21. The van der Waals surface area contributed by atoms with Crippen LogP contribution in [0.5, 0.6) is 0 Å². The van der Waals surface area contributed by atoms with Crippen molar-refractivity contribution in [1.82, 2.24) is 4.98 Å². The van der Waals surface area contributed by atoms with Crippen molar-refractivity contribution in [2.75, 3.05) is 6.54 Å². The molecule has 0 atom stereocenters. The average Bonchev–Trinajstić information content (AvgIpc) is 2.65. The van der Waals surface area contributed by atoms with Crippen LogP contribution in [0, 0.1) is 12.8 Å². The van der Waals surface area contributed by atoms with E-state index in [-0.39, 0.29) is 0 Å². The van der Waals surface area contributed by atoms with Gasteiger partial charge in [-0.3, -0.25) is 0 Å². The van der Waals surface area contributed by atoms with Crippen molar-refractivity contribution in [2.24, 2.45) is 11.7 Å². The Morgan fingerprint density at radius 1 is 1.43 bits per heavy atom. The highest BCUT2D eigenvalue weighted by Crippen LogP contribution is 2.34. The predicted molar refractivity (Wildman–Crippen MR) is 55.0 cm³/mol. The van der Waals surface area contributed by atoms with Crippen molar-refractivity contribution >= 4 is 0 Å². The molecular formula is C11H18N2O. The van der Waals surface area contributed by atoms with E-state index in [1.165, 1.54) is 25.7 Å². The normalized spacial score (nSPS) is 27.9. The van der Waals surface area contributed by atoms with Gasteiger partial charge in [0.1, 0.15) is 5.76 Å². The number of hydrogen-bond acceptors (Lipinski definition) is 3. The van der Waals surface area contributed by atoms with Gasteiger partial charge in [0.2, 0.25) is 0 Å². The third-order valence-corrected chi connectivity index (χ3v) is 3.17. The summed E-state index contributed by atoms with van der Waals surface area (Å²) in [5, 5.41) is 0. The zero-order valence-corrected chi connectivity index (χ0v) is 8.70. The van der Waals surface area contributed by atoms with E-state index in [2.05, 4.69) is 4.98 Å². The molecule has 3 heteroatoms. The predicted octanol–water partition coefficient (Wildman–Crippen LogP) is 2.22. The molecule has 1 heterocycles. The van der Waals surface area contributed by atoms with Crippen LogP contribution in [-0.4, -0.2) is 11.5 Å². The van der Waals surface area contributed by atoms with E-state index in [0.29, 0.717) is 5.92 Å². The quantitative estimate of drug-likeness (QED) is 0.785. The molecule has 0 spiro atoms. The molecule has 2 rings (SSSR count). The third-order valence-electron chi connectivity index (χ3n) is 3.17. The molecule has 3 nitrogen and oxygen atoms in total. The number of rotatable bonds is 2. The van der Waals surface area contributed by atoms with Gasteiger partial charge in [-0.1, -0.05) is 0 Å². The molecule has 0 saturated heterocycles. The zero-order chi connectivity index (χ0) is 9.97. The molecule has 1 fully saturated rings. The van der Waals surface area contributed by atoms with Crippen LogP contribution in [-0.2, 0) is 0 Å². The molecule has 14 heavy (non-hydrogen) atoms. The number of aromatic nitrogens is 1. The Morgan fingerprint density at radius 2 is 2.14 bits per heavy atom. The standard InChI is InChI=1S/C11H18N2O/c1-8-7-13-11(14-8)10-4-2-9(6-12)3-5-10/h7,9-10H,2-6,12H2,1H3. The van der Waals surface area contributed by atoms with Crippen molar-refractivity contribution in [2.45, 2.75) is 38.5 Å². The van der Waals surface area contributed by atoms with E-state index in [0.717, 1.165) is 24.1 Å². The van der Waals surface area contributed by atoms with Crippen LogP contribution in [0.3, 0.4) is 0 Å². The molecular weight excluding hydrogens is 176 g/mol. The van der Waals surface area contributed by atoms with Crippen LogP contribution in [0.2, 0.25) is 0 Å². The first kappa shape index (κ1) is 9.71. The van der Waals surface area contributed by atoms with E-state index in [1.807, 2.05) is 13.1 Å². The van der Waals surface area contributed by atoms with Gasteiger partial charge >= 0.3 is 0 Å². The highest BCUT2D eigenvalue weighted by atomic mass is 16.4. The van der Waals surface area contributed by atoms with Gasteiger partial charge in [-0.25, -0.2) is 4.98 Å². The van der Waals surface area contributed by atoms with E-state index in [1.54, 1.807) is 0 Å². The number of aryl methyl sites for hydroxylation is 1. The molecule has 0 aromatic carbocycles. The second kappa shape index (κ2) is 4.13. The lowest BCUT2D eigenvalue weighted by Gasteiger charge is -2.25. The largest absolute Gasteiger partial charge is 0.446 e. The number of nitrogens with zero attached hydrogens (tertiary/aromatic N) is 1. The van der Waals surface area contributed by atoms with Gasteiger partial charge < -0.3 is 10.2 Å². The van der Waals surface area contributed by atoms with Crippen LogP contribution >= 0.6 is 0 Å². The highest BCUT2D eigenvalue weighted by molar-refractivity contribution is 4.98. The van der Waals surface area contributed by atoms with E-state index >= 15 is 0 Å². The van der Waals surface area contributed by atoms with E-state index in [9.17, 15) is 0 Å². The molecule has 0 radical (unpaired) electrons. The van der Waals surface area contributed by atoms with Crippen LogP contribution in [0.4, 0.5) is 0 Å². The zero-order valence-electron chi connectivity index (χ0n) is 8.70. The molecule has 0 bridgehead atoms. The Balaban J connectivity index is 1.95. The van der Waals surface area contributed by atoms with Gasteiger partial charge in [-0.15, -0.1) is 0 Å². The van der Waals surface area contributed by atoms with Crippen molar-refractivity contribution in [3.63, 3.8) is 0 Å². The first-order valence-corrected chi connectivity index (χ1v) is 5.42. The smallest absolute Gasteiger partial charge is 0.197 e. The lowest BCUT2D eigenvalue weighted by molar-refractivity contribution is 0.294. The van der Waals surface area contributed by atoms with Crippen LogP contribution < -0.4 is 5.73 Å². The molecule has 78 valence electrons. The summed E-state index contributed by atoms with van der Waals surface area (Å²) in [4.78, 5) is 4.29. The van der Waals surface area contributed by atoms with Crippen molar-refractivity contribution < 1.29 is 4.42 Å². The Morgan fingerprint density at radius 3 is 2.64 bits per heavy atom. The Kier molecular flexibility index (Phi) is 2.87. The lowest BCUT2D eigenvalue weighted by Crippen LogP contribution is -2.20. The SMILES string of the molecule is Cc1cnc(C2CCC(CN)CC2)o1. The summed E-state index contributed by atoms with van der Waals surface area (Å²) in [5.74, 6) is 3.10. The van der Waals surface area contributed by atoms with Crippen molar-refractivity contribution in [3.8, 4) is 0 Å². The summed E-state index contributed by atoms with van der Waals surface area (Å²) in [5.41, 5.74) is 5.65. The maximum atomic E-state index is 5.65. The second-order valence-electron chi connectivity index (χ2n) is 4.26. The maximum absolute atomic E-state index is 5.65. The molecule has 1 aliphatic rings. The summed E-state index contributed by atoms with van der Waals surface area (Å²) in [6.45, 7) is 2.78. The molecule has 1 saturated carbocycles. The number of oxazole rings is 1. The topological polar surface area (TPSA) is 52.0 Å². The minimum Gasteiger partial charge on any atom is -0.446 e. The summed E-state index contributed by atoms with van der Waals surface area (Å²) in [7, 11) is 0. The molecule has 0 amide bonds. The summed E-state index contributed by atoms with van der Waals surface area (Å²) < 4.78 is 5.55. The fourth-order valence-corrected chi connectivity index (χ4v) is 2.21. The molecule has 1 aliphatic carbocycles. The van der Waals surface area contributed by atoms with Gasteiger partial charge in [0.15, 0.2) is 5.89 Å². The van der Waals surface area contributed by atoms with Crippen molar-refractivity contribution in [3.05, 3.63) is 17.8 Å². The lowest BCUT2D eigenvalue weighted by atomic mass is 9.82. The first-order chi connectivity index (χ1) is 6.79. The minimum absolute atomic E-state index is 0.534. The molecule has 1 aromatic heterocycles. The minimum atomic E-state index is 0.534. The van der Waals surface area contributed by atoms with Gasteiger partial charge in [0.05, 0.1) is 6.20 Å². The molecule has 1 aromatic rings. The van der Waals surface area contributed by atoms with Crippen LogP contribution in [0.15, 0.2) is 10.6 Å². The molecule has 2 N–H and O–H groups in total. The summed E-state index contributed by atoms with van der Waals surface area (Å²) in [6.07, 6.45) is 6.62. The number of nitrogens with two attached hydrogens (primary N) is 1. The van der Waals surface area contributed by atoms with Gasteiger partial charge in [-0.2, -0.15) is 0 Å². The highest BCUT2D eigenvalue weighted by Gasteiger charge is 2.24. The maximum Gasteiger partial charge on any atom is 0.197 e. The third kappa shape index (κ3) is 1.98. The van der Waals surface area contributed by atoms with Gasteiger partial charge in [-0.05, 0) is 45.1 Å². The Hall–Kier alpha value is -0.830.